The smallest absolute Gasteiger partial charge is 0.337 e. The number of rotatable bonds is 3. The van der Waals surface area contributed by atoms with Crippen LogP contribution in [-0.2, 0) is 19.0 Å². The Balaban J connectivity index is 1.64. The number of aryl methyl sites for hydroxylation is 2. The molecule has 0 bridgehead atoms. The third-order valence-corrected chi connectivity index (χ3v) is 4.67. The molecule has 0 aliphatic heterocycles. The van der Waals surface area contributed by atoms with E-state index in [1.807, 2.05) is 0 Å². The van der Waals surface area contributed by atoms with Gasteiger partial charge in [-0.05, 0) is 50.3 Å². The van der Waals surface area contributed by atoms with Crippen molar-refractivity contribution in [2.45, 2.75) is 44.8 Å². The van der Waals surface area contributed by atoms with Gasteiger partial charge in [0.15, 0.2) is 5.69 Å². The Morgan fingerprint density at radius 3 is 2.81 bits per heavy atom. The fraction of sp³-hybridized carbons (Fsp3) is 0.412. The van der Waals surface area contributed by atoms with Crippen molar-refractivity contribution in [3.8, 4) is 11.4 Å². The molecule has 0 fully saturated rings. The molecule has 3 aromatic heterocycles. The van der Waals surface area contributed by atoms with E-state index in [2.05, 4.69) is 20.2 Å². The van der Waals surface area contributed by atoms with Crippen LogP contribution >= 0.6 is 0 Å². The summed E-state index contributed by atoms with van der Waals surface area (Å²) >= 11 is 0. The summed E-state index contributed by atoms with van der Waals surface area (Å²) in [4.78, 5) is 19.4. The van der Waals surface area contributed by atoms with Crippen LogP contribution < -0.4 is 5.56 Å². The van der Waals surface area contributed by atoms with Crippen LogP contribution in [0.25, 0.3) is 11.4 Å². The molecule has 0 radical (unpaired) electrons. The molecular formula is C17H16F3N5O2. The number of nitrogens with zero attached hydrogens (tertiary/aromatic N) is 4. The van der Waals surface area contributed by atoms with Crippen LogP contribution in [0.1, 0.15) is 48.6 Å². The maximum Gasteiger partial charge on any atom is 0.435 e. The van der Waals surface area contributed by atoms with Crippen molar-refractivity contribution in [1.29, 1.82) is 0 Å². The Morgan fingerprint density at radius 2 is 2.07 bits per heavy atom. The topological polar surface area (TPSA) is 89.6 Å². The maximum atomic E-state index is 12.7. The average molecular weight is 379 g/mol. The summed E-state index contributed by atoms with van der Waals surface area (Å²) in [6.45, 7) is 1.58. The Kier molecular flexibility index (Phi) is 4.12. The first-order valence-corrected chi connectivity index (χ1v) is 8.54. The summed E-state index contributed by atoms with van der Waals surface area (Å²) < 4.78 is 44.4. The van der Waals surface area contributed by atoms with Crippen molar-refractivity contribution in [3.63, 3.8) is 0 Å². The van der Waals surface area contributed by atoms with Gasteiger partial charge >= 0.3 is 6.18 Å². The third-order valence-electron chi connectivity index (χ3n) is 4.67. The molecule has 0 saturated heterocycles. The van der Waals surface area contributed by atoms with Crippen LogP contribution in [0.4, 0.5) is 13.2 Å². The number of nitrogens with one attached hydrogen (secondary N) is 1. The van der Waals surface area contributed by atoms with E-state index in [0.29, 0.717) is 0 Å². The number of hydrogen-bond donors (Lipinski definition) is 1. The number of H-pyrrole nitrogens is 1. The van der Waals surface area contributed by atoms with Crippen LogP contribution in [-0.4, -0.2) is 24.9 Å². The van der Waals surface area contributed by atoms with Gasteiger partial charge in [0.25, 0.3) is 11.4 Å². The number of alkyl halides is 3. The van der Waals surface area contributed by atoms with Gasteiger partial charge in [-0.1, -0.05) is 5.16 Å². The lowest BCUT2D eigenvalue weighted by Crippen LogP contribution is -2.17. The second-order valence-corrected chi connectivity index (χ2v) is 6.53. The van der Waals surface area contributed by atoms with E-state index in [4.69, 9.17) is 4.52 Å². The lowest BCUT2D eigenvalue weighted by molar-refractivity contribution is -0.141. The van der Waals surface area contributed by atoms with Crippen molar-refractivity contribution in [2.24, 2.45) is 0 Å². The molecule has 10 heteroatoms. The molecule has 7 nitrogen and oxygen atoms in total. The van der Waals surface area contributed by atoms with Crippen LogP contribution in [0.2, 0.25) is 0 Å². The SMILES string of the molecule is CC(c1nc(-c2cc3c([nH]c2=O)CCCC3)no1)n1ccc(C(F)(F)F)n1. The van der Waals surface area contributed by atoms with Gasteiger partial charge in [0.2, 0.25) is 5.82 Å². The fourth-order valence-corrected chi connectivity index (χ4v) is 3.17. The van der Waals surface area contributed by atoms with Gasteiger partial charge in [-0.25, -0.2) is 0 Å². The van der Waals surface area contributed by atoms with Crippen molar-refractivity contribution >= 4 is 0 Å². The van der Waals surface area contributed by atoms with Crippen molar-refractivity contribution in [3.05, 3.63) is 51.5 Å². The molecule has 1 aliphatic rings. The molecular weight excluding hydrogens is 363 g/mol. The summed E-state index contributed by atoms with van der Waals surface area (Å²) in [6, 6.07) is 1.93. The normalized spacial score (nSPS) is 15.6. The molecule has 1 atom stereocenters. The molecule has 27 heavy (non-hydrogen) atoms. The monoisotopic (exact) mass is 379 g/mol. The second kappa shape index (κ2) is 6.36. The highest BCUT2D eigenvalue weighted by atomic mass is 19.4. The van der Waals surface area contributed by atoms with Crippen LogP contribution in [0.15, 0.2) is 27.6 Å². The lowest BCUT2D eigenvalue weighted by atomic mass is 9.95. The highest BCUT2D eigenvalue weighted by molar-refractivity contribution is 5.55. The largest absolute Gasteiger partial charge is 0.435 e. The van der Waals surface area contributed by atoms with E-state index in [1.165, 1.54) is 6.20 Å². The average Bonchev–Trinajstić information content (AvgIpc) is 3.30. The molecule has 1 aliphatic carbocycles. The molecule has 3 heterocycles. The minimum atomic E-state index is -4.53. The molecule has 1 unspecified atom stereocenters. The van der Waals surface area contributed by atoms with Crippen LogP contribution in [0, 0.1) is 0 Å². The molecule has 0 aromatic carbocycles. The fourth-order valence-electron chi connectivity index (χ4n) is 3.17. The predicted octanol–water partition coefficient (Wildman–Crippen LogP) is 3.13. The second-order valence-electron chi connectivity index (χ2n) is 6.53. The summed E-state index contributed by atoms with van der Waals surface area (Å²) in [6.07, 6.45) is 0.461. The lowest BCUT2D eigenvalue weighted by Gasteiger charge is -2.15. The van der Waals surface area contributed by atoms with Crippen LogP contribution in [0.5, 0.6) is 0 Å². The standard InChI is InChI=1S/C17H16F3N5O2/c1-9(25-7-6-13(23-25)17(18,19)20)16-22-14(24-27-16)11-8-10-4-2-3-5-12(10)21-15(11)26/h6-9H,2-5H2,1H3,(H,21,26). The highest BCUT2D eigenvalue weighted by Gasteiger charge is 2.34. The van der Waals surface area contributed by atoms with E-state index in [-0.39, 0.29) is 22.8 Å². The first kappa shape index (κ1) is 17.5. The molecule has 4 rings (SSSR count). The van der Waals surface area contributed by atoms with Gasteiger partial charge in [0, 0.05) is 11.9 Å². The Labute approximate surface area is 151 Å². The molecule has 0 amide bonds. The molecule has 1 N–H and O–H groups in total. The highest BCUT2D eigenvalue weighted by Crippen LogP contribution is 2.29. The van der Waals surface area contributed by atoms with Gasteiger partial charge in [-0.2, -0.15) is 23.3 Å². The Bertz CT molecular complexity index is 1030. The number of aromatic nitrogens is 5. The zero-order valence-corrected chi connectivity index (χ0v) is 14.4. The first-order chi connectivity index (χ1) is 12.8. The maximum absolute atomic E-state index is 12.7. The number of hydrogen-bond acceptors (Lipinski definition) is 5. The predicted molar refractivity (Wildman–Crippen MR) is 88.0 cm³/mol. The number of aromatic amines is 1. The van der Waals surface area contributed by atoms with E-state index in [9.17, 15) is 18.0 Å². The molecule has 142 valence electrons. The van der Waals surface area contributed by atoms with Gasteiger partial charge in [-0.3, -0.25) is 9.48 Å². The van der Waals surface area contributed by atoms with E-state index >= 15 is 0 Å². The van der Waals surface area contributed by atoms with E-state index in [1.54, 1.807) is 13.0 Å². The zero-order valence-electron chi connectivity index (χ0n) is 14.4. The Morgan fingerprint density at radius 1 is 1.30 bits per heavy atom. The number of halogens is 3. The van der Waals surface area contributed by atoms with Gasteiger partial charge in [0.05, 0.1) is 5.56 Å². The Hall–Kier alpha value is -2.91. The quantitative estimate of drug-likeness (QED) is 0.755. The molecule has 0 saturated carbocycles. The van der Waals surface area contributed by atoms with Gasteiger partial charge in [-0.15, -0.1) is 0 Å². The first-order valence-electron chi connectivity index (χ1n) is 8.54. The summed E-state index contributed by atoms with van der Waals surface area (Å²) in [7, 11) is 0. The zero-order chi connectivity index (χ0) is 19.2. The minimum absolute atomic E-state index is 0.0685. The number of fused-ring (bicyclic) bond motifs is 1. The third kappa shape index (κ3) is 3.26. The summed E-state index contributed by atoms with van der Waals surface area (Å²) in [5.74, 6) is 0.175. The van der Waals surface area contributed by atoms with E-state index < -0.39 is 17.9 Å². The number of pyridine rings is 1. The van der Waals surface area contributed by atoms with Gasteiger partial charge in [0.1, 0.15) is 6.04 Å². The summed E-state index contributed by atoms with van der Waals surface area (Å²) in [5.41, 5.74) is 0.962. The molecule has 3 aromatic rings. The van der Waals surface area contributed by atoms with Crippen molar-refractivity contribution in [1.82, 2.24) is 24.9 Å². The molecule has 0 spiro atoms. The minimum Gasteiger partial charge on any atom is -0.337 e. The van der Waals surface area contributed by atoms with E-state index in [0.717, 1.165) is 47.7 Å². The van der Waals surface area contributed by atoms with Crippen molar-refractivity contribution in [2.75, 3.05) is 0 Å². The van der Waals surface area contributed by atoms with Crippen LogP contribution in [0.3, 0.4) is 0 Å². The summed E-state index contributed by atoms with van der Waals surface area (Å²) in [5, 5.41) is 7.34. The van der Waals surface area contributed by atoms with Crippen molar-refractivity contribution < 1.29 is 17.7 Å². The van der Waals surface area contributed by atoms with Gasteiger partial charge < -0.3 is 9.51 Å².